The van der Waals surface area contributed by atoms with Crippen LogP contribution in [0, 0.1) is 5.92 Å². The molecule has 104 valence electrons. The highest BCUT2D eigenvalue weighted by molar-refractivity contribution is 5.74. The zero-order valence-electron chi connectivity index (χ0n) is 11.4. The lowest BCUT2D eigenvalue weighted by atomic mass is 9.93. The number of amides is 1. The van der Waals surface area contributed by atoms with Crippen LogP contribution in [0.5, 0.6) is 0 Å². The standard InChI is InChI=1S/C14H22N4O/c1-10(15)12-2-3-14(17-9-12)18-6-4-11(5-7-18)8-13(16)19/h2-3,9-11H,4-8,15H2,1H3,(H2,16,19)/t10-/m1/s1. The Kier molecular flexibility index (Phi) is 4.37. The van der Waals surface area contributed by atoms with E-state index in [0.29, 0.717) is 12.3 Å². The molecule has 1 aromatic heterocycles. The van der Waals surface area contributed by atoms with Crippen LogP contribution in [0.4, 0.5) is 5.82 Å². The van der Waals surface area contributed by atoms with Gasteiger partial charge in [-0.1, -0.05) is 6.07 Å². The molecule has 2 rings (SSSR count). The van der Waals surface area contributed by atoms with E-state index in [-0.39, 0.29) is 11.9 Å². The minimum Gasteiger partial charge on any atom is -0.370 e. The van der Waals surface area contributed by atoms with E-state index in [1.165, 1.54) is 0 Å². The minimum atomic E-state index is -0.196. The van der Waals surface area contributed by atoms with Gasteiger partial charge in [0.2, 0.25) is 5.91 Å². The summed E-state index contributed by atoms with van der Waals surface area (Å²) in [5.74, 6) is 1.22. The summed E-state index contributed by atoms with van der Waals surface area (Å²) in [5, 5.41) is 0. The molecule has 0 spiro atoms. The number of pyridine rings is 1. The number of aromatic nitrogens is 1. The first-order valence-electron chi connectivity index (χ1n) is 6.81. The molecule has 19 heavy (non-hydrogen) atoms. The molecule has 4 N–H and O–H groups in total. The summed E-state index contributed by atoms with van der Waals surface area (Å²) in [5.41, 5.74) is 12.1. The maximum atomic E-state index is 10.9. The topological polar surface area (TPSA) is 85.2 Å². The van der Waals surface area contributed by atoms with Gasteiger partial charge in [-0.3, -0.25) is 4.79 Å². The van der Waals surface area contributed by atoms with Crippen molar-refractivity contribution in [3.05, 3.63) is 23.9 Å². The highest BCUT2D eigenvalue weighted by atomic mass is 16.1. The van der Waals surface area contributed by atoms with Gasteiger partial charge in [-0.15, -0.1) is 0 Å². The average molecular weight is 262 g/mol. The monoisotopic (exact) mass is 262 g/mol. The molecule has 1 aromatic rings. The summed E-state index contributed by atoms with van der Waals surface area (Å²) >= 11 is 0. The molecule has 5 heteroatoms. The van der Waals surface area contributed by atoms with Crippen molar-refractivity contribution in [3.8, 4) is 0 Å². The van der Waals surface area contributed by atoms with E-state index in [4.69, 9.17) is 11.5 Å². The first-order chi connectivity index (χ1) is 9.06. The zero-order chi connectivity index (χ0) is 13.8. The van der Waals surface area contributed by atoms with E-state index in [2.05, 4.69) is 9.88 Å². The number of nitrogens with zero attached hydrogens (tertiary/aromatic N) is 2. The van der Waals surface area contributed by atoms with Crippen molar-refractivity contribution < 1.29 is 4.79 Å². The summed E-state index contributed by atoms with van der Waals surface area (Å²) in [7, 11) is 0. The number of rotatable bonds is 4. The van der Waals surface area contributed by atoms with Crippen LogP contribution in [0.1, 0.15) is 37.8 Å². The van der Waals surface area contributed by atoms with Gasteiger partial charge in [0.05, 0.1) is 0 Å². The molecule has 0 unspecified atom stereocenters. The van der Waals surface area contributed by atoms with Crippen molar-refractivity contribution >= 4 is 11.7 Å². The Bertz CT molecular complexity index is 422. The smallest absolute Gasteiger partial charge is 0.217 e. The van der Waals surface area contributed by atoms with Crippen molar-refractivity contribution in [3.63, 3.8) is 0 Å². The predicted molar refractivity (Wildman–Crippen MR) is 75.6 cm³/mol. The maximum absolute atomic E-state index is 10.9. The molecule has 1 saturated heterocycles. The van der Waals surface area contributed by atoms with Crippen molar-refractivity contribution in [2.75, 3.05) is 18.0 Å². The van der Waals surface area contributed by atoms with Crippen LogP contribution in [-0.2, 0) is 4.79 Å². The predicted octanol–water partition coefficient (Wildman–Crippen LogP) is 1.19. The fourth-order valence-electron chi connectivity index (χ4n) is 2.50. The van der Waals surface area contributed by atoms with Crippen molar-refractivity contribution in [1.29, 1.82) is 0 Å². The van der Waals surface area contributed by atoms with Gasteiger partial charge in [0, 0.05) is 31.7 Å². The van der Waals surface area contributed by atoms with E-state index in [0.717, 1.165) is 37.3 Å². The first-order valence-corrected chi connectivity index (χ1v) is 6.81. The molecule has 0 saturated carbocycles. The summed E-state index contributed by atoms with van der Waals surface area (Å²) in [6.07, 6.45) is 4.35. The third kappa shape index (κ3) is 3.67. The van der Waals surface area contributed by atoms with Gasteiger partial charge in [-0.25, -0.2) is 4.98 Å². The molecule has 0 bridgehead atoms. The zero-order valence-corrected chi connectivity index (χ0v) is 11.4. The summed E-state index contributed by atoms with van der Waals surface area (Å²) in [6.45, 7) is 3.82. The van der Waals surface area contributed by atoms with E-state index < -0.39 is 0 Å². The summed E-state index contributed by atoms with van der Waals surface area (Å²) in [6, 6.07) is 4.07. The number of carbonyl (C=O) groups excluding carboxylic acids is 1. The SMILES string of the molecule is C[C@@H](N)c1ccc(N2CCC(CC(N)=O)CC2)nc1. The summed E-state index contributed by atoms with van der Waals surface area (Å²) in [4.78, 5) is 17.6. The Hall–Kier alpha value is -1.62. The largest absolute Gasteiger partial charge is 0.370 e. The molecule has 1 aliphatic rings. The van der Waals surface area contributed by atoms with Crippen LogP contribution in [0.25, 0.3) is 0 Å². The van der Waals surface area contributed by atoms with E-state index in [1.807, 2.05) is 25.3 Å². The van der Waals surface area contributed by atoms with Gasteiger partial charge in [0.1, 0.15) is 5.82 Å². The van der Waals surface area contributed by atoms with Gasteiger partial charge in [0.25, 0.3) is 0 Å². The number of piperidine rings is 1. The molecule has 0 aromatic carbocycles. The quantitative estimate of drug-likeness (QED) is 0.853. The summed E-state index contributed by atoms with van der Waals surface area (Å²) < 4.78 is 0. The number of carbonyl (C=O) groups is 1. The van der Waals surface area contributed by atoms with Gasteiger partial charge in [0.15, 0.2) is 0 Å². The molecule has 2 heterocycles. The molecular formula is C14H22N4O. The average Bonchev–Trinajstić information content (AvgIpc) is 2.39. The van der Waals surface area contributed by atoms with Crippen molar-refractivity contribution in [2.45, 2.75) is 32.2 Å². The Balaban J connectivity index is 1.92. The van der Waals surface area contributed by atoms with Crippen LogP contribution in [0.3, 0.4) is 0 Å². The van der Waals surface area contributed by atoms with Crippen LogP contribution >= 0.6 is 0 Å². The second-order valence-electron chi connectivity index (χ2n) is 5.34. The molecule has 1 fully saturated rings. The molecule has 1 atom stereocenters. The van der Waals surface area contributed by atoms with Crippen molar-refractivity contribution in [1.82, 2.24) is 4.98 Å². The van der Waals surface area contributed by atoms with Crippen LogP contribution < -0.4 is 16.4 Å². The highest BCUT2D eigenvalue weighted by Crippen LogP contribution is 2.24. The van der Waals surface area contributed by atoms with Crippen molar-refractivity contribution in [2.24, 2.45) is 17.4 Å². The molecule has 0 aliphatic carbocycles. The van der Waals surface area contributed by atoms with Gasteiger partial charge in [-0.05, 0) is 37.3 Å². The molecule has 5 nitrogen and oxygen atoms in total. The molecule has 1 aliphatic heterocycles. The Morgan fingerprint density at radius 1 is 1.47 bits per heavy atom. The second kappa shape index (κ2) is 6.02. The lowest BCUT2D eigenvalue weighted by Crippen LogP contribution is -2.35. The van der Waals surface area contributed by atoms with E-state index >= 15 is 0 Å². The first kappa shape index (κ1) is 13.8. The minimum absolute atomic E-state index is 0.0165. The van der Waals surface area contributed by atoms with Crippen LogP contribution in [0.2, 0.25) is 0 Å². The maximum Gasteiger partial charge on any atom is 0.217 e. The van der Waals surface area contributed by atoms with Gasteiger partial charge in [-0.2, -0.15) is 0 Å². The highest BCUT2D eigenvalue weighted by Gasteiger charge is 2.21. The van der Waals surface area contributed by atoms with Crippen LogP contribution in [-0.4, -0.2) is 24.0 Å². The third-order valence-electron chi connectivity index (χ3n) is 3.72. The number of anilines is 1. The Morgan fingerprint density at radius 2 is 2.16 bits per heavy atom. The second-order valence-corrected chi connectivity index (χ2v) is 5.34. The number of nitrogens with two attached hydrogens (primary N) is 2. The van der Waals surface area contributed by atoms with Gasteiger partial charge >= 0.3 is 0 Å². The molecule has 1 amide bonds. The lowest BCUT2D eigenvalue weighted by Gasteiger charge is -2.32. The Morgan fingerprint density at radius 3 is 2.63 bits per heavy atom. The normalized spacial score (nSPS) is 18.3. The fourth-order valence-corrected chi connectivity index (χ4v) is 2.50. The number of primary amides is 1. The van der Waals surface area contributed by atoms with E-state index in [1.54, 1.807) is 0 Å². The third-order valence-corrected chi connectivity index (χ3v) is 3.72. The number of hydrogen-bond donors (Lipinski definition) is 2. The lowest BCUT2D eigenvalue weighted by molar-refractivity contribution is -0.119. The number of hydrogen-bond acceptors (Lipinski definition) is 4. The Labute approximate surface area is 114 Å². The van der Waals surface area contributed by atoms with E-state index in [9.17, 15) is 4.79 Å². The molecular weight excluding hydrogens is 240 g/mol. The van der Waals surface area contributed by atoms with Crippen LogP contribution in [0.15, 0.2) is 18.3 Å². The fraction of sp³-hybridized carbons (Fsp3) is 0.571. The molecule has 0 radical (unpaired) electrons. The van der Waals surface area contributed by atoms with Gasteiger partial charge < -0.3 is 16.4 Å².